The van der Waals surface area contributed by atoms with Gasteiger partial charge in [0.05, 0.1) is 6.33 Å². The van der Waals surface area contributed by atoms with E-state index >= 15 is 0 Å². The van der Waals surface area contributed by atoms with Crippen molar-refractivity contribution in [3.05, 3.63) is 48.0 Å². The van der Waals surface area contributed by atoms with E-state index in [2.05, 4.69) is 18.0 Å². The van der Waals surface area contributed by atoms with E-state index in [1.165, 1.54) is 5.56 Å². The number of benzene rings is 1. The number of nitrogens with zero attached hydrogens (tertiary/aromatic N) is 2. The summed E-state index contributed by atoms with van der Waals surface area (Å²) in [6.45, 7) is 3.96. The molecule has 2 aromatic rings. The van der Waals surface area contributed by atoms with Crippen LogP contribution < -0.4 is 10.5 Å². The molecule has 0 fully saturated rings. The fraction of sp³-hybridized carbons (Fsp3) is 0.308. The largest absolute Gasteiger partial charge is 0.492 e. The molecule has 0 saturated carbocycles. The average molecular weight is 231 g/mol. The van der Waals surface area contributed by atoms with E-state index in [0.29, 0.717) is 13.2 Å². The molecule has 0 saturated heterocycles. The number of nitrogens with two attached hydrogens (primary N) is 1. The second-order valence-corrected chi connectivity index (χ2v) is 3.91. The smallest absolute Gasteiger partial charge is 0.122 e. The van der Waals surface area contributed by atoms with Crippen LogP contribution in [0.2, 0.25) is 0 Å². The minimum absolute atomic E-state index is 0.533. The Kier molecular flexibility index (Phi) is 3.77. The number of ether oxygens (including phenoxy) is 1. The molecule has 4 nitrogen and oxygen atoms in total. The van der Waals surface area contributed by atoms with Crippen LogP contribution in [0.25, 0.3) is 0 Å². The van der Waals surface area contributed by atoms with Crippen LogP contribution in [0.1, 0.15) is 11.1 Å². The molecule has 1 aromatic heterocycles. The molecule has 2 rings (SSSR count). The third kappa shape index (κ3) is 2.85. The second kappa shape index (κ2) is 5.50. The predicted octanol–water partition coefficient (Wildman–Crippen LogP) is 1.58. The zero-order valence-corrected chi connectivity index (χ0v) is 9.97. The van der Waals surface area contributed by atoms with Gasteiger partial charge in [-0.15, -0.1) is 0 Å². The molecule has 0 unspecified atom stereocenters. The number of hydrogen-bond acceptors (Lipinski definition) is 3. The summed E-state index contributed by atoms with van der Waals surface area (Å²) >= 11 is 0. The predicted molar refractivity (Wildman–Crippen MR) is 67.1 cm³/mol. The van der Waals surface area contributed by atoms with Crippen LogP contribution in [0.5, 0.6) is 5.75 Å². The van der Waals surface area contributed by atoms with Crippen LogP contribution in [0.15, 0.2) is 36.9 Å². The number of rotatable bonds is 5. The van der Waals surface area contributed by atoms with Crippen molar-refractivity contribution in [3.8, 4) is 5.75 Å². The van der Waals surface area contributed by atoms with Gasteiger partial charge in [-0.1, -0.05) is 12.1 Å². The first-order valence-corrected chi connectivity index (χ1v) is 5.68. The van der Waals surface area contributed by atoms with Crippen LogP contribution in [0, 0.1) is 6.92 Å². The second-order valence-electron chi connectivity index (χ2n) is 3.91. The average Bonchev–Trinajstić information content (AvgIpc) is 2.83. The van der Waals surface area contributed by atoms with Gasteiger partial charge in [-0.25, -0.2) is 4.98 Å². The lowest BCUT2D eigenvalue weighted by Gasteiger charge is -2.12. The van der Waals surface area contributed by atoms with Gasteiger partial charge in [0.25, 0.3) is 0 Å². The summed E-state index contributed by atoms with van der Waals surface area (Å²) in [5, 5.41) is 0. The van der Waals surface area contributed by atoms with Crippen LogP contribution in [-0.2, 0) is 6.54 Å². The van der Waals surface area contributed by atoms with E-state index in [1.54, 1.807) is 6.20 Å². The first kappa shape index (κ1) is 11.7. The van der Waals surface area contributed by atoms with E-state index in [0.717, 1.165) is 17.9 Å². The summed E-state index contributed by atoms with van der Waals surface area (Å²) in [6.07, 6.45) is 5.55. The van der Waals surface area contributed by atoms with Gasteiger partial charge in [0, 0.05) is 25.5 Å². The van der Waals surface area contributed by atoms with Gasteiger partial charge in [0.15, 0.2) is 0 Å². The van der Waals surface area contributed by atoms with Crippen molar-refractivity contribution < 1.29 is 4.74 Å². The Morgan fingerprint density at radius 1 is 1.41 bits per heavy atom. The molecule has 0 aliphatic carbocycles. The highest BCUT2D eigenvalue weighted by atomic mass is 16.5. The fourth-order valence-electron chi connectivity index (χ4n) is 1.73. The molecule has 4 heteroatoms. The molecule has 0 aliphatic heterocycles. The SMILES string of the molecule is Cc1c(Cn2ccnc2)cccc1OCCN. The number of aromatic nitrogens is 2. The first-order valence-electron chi connectivity index (χ1n) is 5.68. The maximum Gasteiger partial charge on any atom is 0.122 e. The standard InChI is InChI=1S/C13H17N3O/c1-11-12(9-16-7-6-15-10-16)3-2-4-13(11)17-8-5-14/h2-4,6-7,10H,5,8-9,14H2,1H3. The van der Waals surface area contributed by atoms with E-state index in [4.69, 9.17) is 10.5 Å². The summed E-state index contributed by atoms with van der Waals surface area (Å²) in [6, 6.07) is 6.08. The summed E-state index contributed by atoms with van der Waals surface area (Å²) in [5.74, 6) is 0.910. The van der Waals surface area contributed by atoms with E-state index in [9.17, 15) is 0 Å². The Labute approximate surface area is 101 Å². The Morgan fingerprint density at radius 3 is 3.00 bits per heavy atom. The molecule has 1 heterocycles. The van der Waals surface area contributed by atoms with Crippen molar-refractivity contribution in [2.75, 3.05) is 13.2 Å². The fourth-order valence-corrected chi connectivity index (χ4v) is 1.73. The van der Waals surface area contributed by atoms with Gasteiger partial charge in [0.2, 0.25) is 0 Å². The third-order valence-corrected chi connectivity index (χ3v) is 2.68. The van der Waals surface area contributed by atoms with Gasteiger partial charge >= 0.3 is 0 Å². The number of imidazole rings is 1. The zero-order valence-electron chi connectivity index (χ0n) is 9.97. The minimum atomic E-state index is 0.533. The lowest BCUT2D eigenvalue weighted by atomic mass is 10.1. The third-order valence-electron chi connectivity index (χ3n) is 2.68. The molecular formula is C13H17N3O. The monoisotopic (exact) mass is 231 g/mol. The molecule has 17 heavy (non-hydrogen) atoms. The first-order chi connectivity index (χ1) is 8.31. The molecule has 0 spiro atoms. The van der Waals surface area contributed by atoms with Crippen LogP contribution in [0.4, 0.5) is 0 Å². The maximum absolute atomic E-state index is 5.60. The van der Waals surface area contributed by atoms with Gasteiger partial charge in [-0.3, -0.25) is 0 Å². The van der Waals surface area contributed by atoms with E-state index in [1.807, 2.05) is 29.2 Å². The molecule has 0 atom stereocenters. The molecule has 1 aromatic carbocycles. The Balaban J connectivity index is 2.17. The van der Waals surface area contributed by atoms with Crippen molar-refractivity contribution in [2.45, 2.75) is 13.5 Å². The lowest BCUT2D eigenvalue weighted by molar-refractivity contribution is 0.325. The van der Waals surface area contributed by atoms with E-state index < -0.39 is 0 Å². The molecule has 0 amide bonds. The van der Waals surface area contributed by atoms with Crippen molar-refractivity contribution >= 4 is 0 Å². The van der Waals surface area contributed by atoms with Gasteiger partial charge < -0.3 is 15.0 Å². The Bertz CT molecular complexity index is 466. The minimum Gasteiger partial charge on any atom is -0.492 e. The summed E-state index contributed by atoms with van der Waals surface area (Å²) < 4.78 is 7.63. The highest BCUT2D eigenvalue weighted by Crippen LogP contribution is 2.21. The van der Waals surface area contributed by atoms with Crippen LogP contribution in [0.3, 0.4) is 0 Å². The molecule has 2 N–H and O–H groups in total. The van der Waals surface area contributed by atoms with Crippen molar-refractivity contribution in [2.24, 2.45) is 5.73 Å². The summed E-state index contributed by atoms with van der Waals surface area (Å²) in [4.78, 5) is 4.04. The van der Waals surface area contributed by atoms with Crippen molar-refractivity contribution in [1.82, 2.24) is 9.55 Å². The summed E-state index contributed by atoms with van der Waals surface area (Å²) in [5.41, 5.74) is 7.83. The quantitative estimate of drug-likeness (QED) is 0.850. The van der Waals surface area contributed by atoms with Gasteiger partial charge in [0.1, 0.15) is 12.4 Å². The zero-order chi connectivity index (χ0) is 12.1. The van der Waals surface area contributed by atoms with Crippen LogP contribution >= 0.6 is 0 Å². The van der Waals surface area contributed by atoms with Crippen molar-refractivity contribution in [3.63, 3.8) is 0 Å². The topological polar surface area (TPSA) is 53.1 Å². The van der Waals surface area contributed by atoms with Crippen LogP contribution in [-0.4, -0.2) is 22.7 Å². The van der Waals surface area contributed by atoms with E-state index in [-0.39, 0.29) is 0 Å². The maximum atomic E-state index is 5.60. The van der Waals surface area contributed by atoms with Gasteiger partial charge in [-0.05, 0) is 24.1 Å². The molecule has 0 radical (unpaired) electrons. The highest BCUT2D eigenvalue weighted by molar-refractivity contribution is 5.39. The van der Waals surface area contributed by atoms with Crippen molar-refractivity contribution in [1.29, 1.82) is 0 Å². The Hall–Kier alpha value is -1.81. The van der Waals surface area contributed by atoms with Gasteiger partial charge in [-0.2, -0.15) is 0 Å². The normalized spacial score (nSPS) is 10.5. The molecule has 90 valence electrons. The Morgan fingerprint density at radius 2 is 2.29 bits per heavy atom. The molecule has 0 aliphatic rings. The summed E-state index contributed by atoms with van der Waals surface area (Å²) in [7, 11) is 0. The highest BCUT2D eigenvalue weighted by Gasteiger charge is 2.05. The molecular weight excluding hydrogens is 214 g/mol. The lowest BCUT2D eigenvalue weighted by Crippen LogP contribution is -2.11. The number of hydrogen-bond donors (Lipinski definition) is 1. The molecule has 0 bridgehead atoms.